The van der Waals surface area contributed by atoms with E-state index in [4.69, 9.17) is 4.74 Å². The van der Waals surface area contributed by atoms with Gasteiger partial charge in [-0.25, -0.2) is 8.42 Å². The van der Waals surface area contributed by atoms with E-state index in [1.54, 1.807) is 12.1 Å². The van der Waals surface area contributed by atoms with Crippen LogP contribution in [0, 0.1) is 0 Å². The van der Waals surface area contributed by atoms with Crippen LogP contribution >= 0.6 is 15.9 Å². The number of ether oxygens (including phenoxy) is 1. The molecule has 0 amide bonds. The Bertz CT molecular complexity index is 453. The number of hydrogen-bond acceptors (Lipinski definition) is 3. The van der Waals surface area contributed by atoms with Crippen LogP contribution in [0.2, 0.25) is 0 Å². The number of fused-ring (bicyclic) bond motifs is 1. The summed E-state index contributed by atoms with van der Waals surface area (Å²) < 4.78 is 29.5. The topological polar surface area (TPSA) is 43.4 Å². The summed E-state index contributed by atoms with van der Waals surface area (Å²) in [6.45, 7) is 0.624. The lowest BCUT2D eigenvalue weighted by atomic mass is 10.2. The van der Waals surface area contributed by atoms with Crippen molar-refractivity contribution in [3.63, 3.8) is 0 Å². The largest absolute Gasteiger partial charge is 0.376 e. The first-order valence-corrected chi connectivity index (χ1v) is 6.64. The fourth-order valence-electron chi connectivity index (χ4n) is 1.42. The standard InChI is InChI=1S/C9H9BrO3S/c10-8-2-1-3-9-7(8)6-13-4-5-14(9,11)12/h1-3H,4-6H2. The Hall–Kier alpha value is -0.390. The molecule has 76 valence electrons. The summed E-state index contributed by atoms with van der Waals surface area (Å²) in [5, 5.41) is 0. The highest BCUT2D eigenvalue weighted by molar-refractivity contribution is 9.10. The van der Waals surface area contributed by atoms with Gasteiger partial charge in [-0.2, -0.15) is 0 Å². The highest BCUT2D eigenvalue weighted by Crippen LogP contribution is 2.27. The van der Waals surface area contributed by atoms with Gasteiger partial charge in [0.05, 0.1) is 23.9 Å². The van der Waals surface area contributed by atoms with Gasteiger partial charge in [-0.1, -0.05) is 22.0 Å². The molecule has 1 aromatic rings. The van der Waals surface area contributed by atoms with Crippen LogP contribution in [0.3, 0.4) is 0 Å². The van der Waals surface area contributed by atoms with Crippen molar-refractivity contribution in [1.29, 1.82) is 0 Å². The van der Waals surface area contributed by atoms with Crippen molar-refractivity contribution in [1.82, 2.24) is 0 Å². The van der Waals surface area contributed by atoms with Crippen LogP contribution in [-0.2, 0) is 21.2 Å². The van der Waals surface area contributed by atoms with E-state index >= 15 is 0 Å². The van der Waals surface area contributed by atoms with E-state index < -0.39 is 9.84 Å². The lowest BCUT2D eigenvalue weighted by Gasteiger charge is -2.06. The van der Waals surface area contributed by atoms with Crippen molar-refractivity contribution < 1.29 is 13.2 Å². The maximum atomic E-state index is 11.7. The van der Waals surface area contributed by atoms with Crippen molar-refractivity contribution in [3.8, 4) is 0 Å². The molecule has 14 heavy (non-hydrogen) atoms. The summed E-state index contributed by atoms with van der Waals surface area (Å²) >= 11 is 3.32. The second-order valence-electron chi connectivity index (χ2n) is 3.09. The minimum atomic E-state index is -3.16. The van der Waals surface area contributed by atoms with Crippen molar-refractivity contribution in [2.24, 2.45) is 0 Å². The first-order chi connectivity index (χ1) is 6.61. The molecule has 0 N–H and O–H groups in total. The van der Waals surface area contributed by atoms with Gasteiger partial charge in [0, 0.05) is 10.0 Å². The molecule has 0 saturated carbocycles. The van der Waals surface area contributed by atoms with Crippen LogP contribution in [0.25, 0.3) is 0 Å². The summed E-state index contributed by atoms with van der Waals surface area (Å²) in [5.41, 5.74) is 0.727. The first-order valence-electron chi connectivity index (χ1n) is 4.19. The molecule has 0 bridgehead atoms. The van der Waals surface area contributed by atoms with E-state index in [1.165, 1.54) is 0 Å². The third-order valence-corrected chi connectivity index (χ3v) is 4.65. The van der Waals surface area contributed by atoms with Gasteiger partial charge >= 0.3 is 0 Å². The molecule has 1 aliphatic rings. The number of hydrogen-bond donors (Lipinski definition) is 0. The molecule has 1 aliphatic heterocycles. The zero-order chi connectivity index (χ0) is 10.2. The number of rotatable bonds is 0. The molecule has 0 saturated heterocycles. The predicted octanol–water partition coefficient (Wildman–Crippen LogP) is 1.75. The molecule has 0 spiro atoms. The van der Waals surface area contributed by atoms with E-state index in [1.807, 2.05) is 6.07 Å². The third-order valence-electron chi connectivity index (χ3n) is 2.15. The van der Waals surface area contributed by atoms with Gasteiger partial charge in [-0.15, -0.1) is 0 Å². The molecular weight excluding hydrogens is 268 g/mol. The van der Waals surface area contributed by atoms with Crippen LogP contribution in [0.15, 0.2) is 27.6 Å². The molecule has 0 unspecified atom stereocenters. The van der Waals surface area contributed by atoms with Gasteiger partial charge in [-0.05, 0) is 12.1 Å². The Balaban J connectivity index is 2.68. The van der Waals surface area contributed by atoms with Gasteiger partial charge in [-0.3, -0.25) is 0 Å². The first kappa shape index (κ1) is 10.1. The average Bonchev–Trinajstić information content (AvgIpc) is 2.27. The fourth-order valence-corrected chi connectivity index (χ4v) is 3.42. The maximum Gasteiger partial charge on any atom is 0.181 e. The van der Waals surface area contributed by atoms with Crippen LogP contribution < -0.4 is 0 Å². The van der Waals surface area contributed by atoms with Crippen LogP contribution in [0.5, 0.6) is 0 Å². The molecule has 1 aromatic carbocycles. The number of sulfone groups is 1. The monoisotopic (exact) mass is 276 g/mol. The molecule has 0 aromatic heterocycles. The Morgan fingerprint density at radius 1 is 1.36 bits per heavy atom. The minimum Gasteiger partial charge on any atom is -0.376 e. The fraction of sp³-hybridized carbons (Fsp3) is 0.333. The molecule has 5 heteroatoms. The minimum absolute atomic E-state index is 0.0659. The van der Waals surface area contributed by atoms with Gasteiger partial charge in [0.25, 0.3) is 0 Å². The Labute approximate surface area is 91.1 Å². The molecule has 3 nitrogen and oxygen atoms in total. The number of halogens is 1. The summed E-state index contributed by atoms with van der Waals surface area (Å²) in [4.78, 5) is 0.393. The van der Waals surface area contributed by atoms with Gasteiger partial charge in [0.2, 0.25) is 0 Å². The quantitative estimate of drug-likeness (QED) is 0.725. The van der Waals surface area contributed by atoms with E-state index in [0.29, 0.717) is 11.5 Å². The van der Waals surface area contributed by atoms with Crippen LogP contribution in [-0.4, -0.2) is 20.8 Å². The van der Waals surface area contributed by atoms with Crippen molar-refractivity contribution in [2.75, 3.05) is 12.4 Å². The summed E-state index contributed by atoms with van der Waals surface area (Å²) in [6, 6.07) is 5.18. The molecular formula is C9H9BrO3S. The summed E-state index contributed by atoms with van der Waals surface area (Å²) in [7, 11) is -3.16. The van der Waals surface area contributed by atoms with Gasteiger partial charge < -0.3 is 4.74 Å². The second kappa shape index (κ2) is 3.64. The van der Waals surface area contributed by atoms with Crippen LogP contribution in [0.1, 0.15) is 5.56 Å². The zero-order valence-electron chi connectivity index (χ0n) is 7.36. The zero-order valence-corrected chi connectivity index (χ0v) is 9.77. The molecule has 1 heterocycles. The lowest BCUT2D eigenvalue weighted by molar-refractivity contribution is 0.136. The van der Waals surface area contributed by atoms with E-state index in [9.17, 15) is 8.42 Å². The Morgan fingerprint density at radius 3 is 2.93 bits per heavy atom. The highest BCUT2D eigenvalue weighted by atomic mass is 79.9. The molecule has 2 rings (SSSR count). The van der Waals surface area contributed by atoms with E-state index in [2.05, 4.69) is 15.9 Å². The van der Waals surface area contributed by atoms with E-state index in [0.717, 1.165) is 10.0 Å². The van der Waals surface area contributed by atoms with Crippen LogP contribution in [0.4, 0.5) is 0 Å². The molecule has 0 fully saturated rings. The predicted molar refractivity (Wildman–Crippen MR) is 55.9 cm³/mol. The third kappa shape index (κ3) is 1.71. The average molecular weight is 277 g/mol. The molecule has 0 atom stereocenters. The molecule has 0 aliphatic carbocycles. The van der Waals surface area contributed by atoms with Gasteiger partial charge in [0.1, 0.15) is 0 Å². The maximum absolute atomic E-state index is 11.7. The Morgan fingerprint density at radius 2 is 2.14 bits per heavy atom. The highest BCUT2D eigenvalue weighted by Gasteiger charge is 2.23. The van der Waals surface area contributed by atoms with Crippen molar-refractivity contribution in [3.05, 3.63) is 28.2 Å². The number of benzene rings is 1. The van der Waals surface area contributed by atoms with Crippen molar-refractivity contribution in [2.45, 2.75) is 11.5 Å². The van der Waals surface area contributed by atoms with Crippen molar-refractivity contribution >= 4 is 25.8 Å². The van der Waals surface area contributed by atoms with E-state index in [-0.39, 0.29) is 12.4 Å². The Kier molecular flexibility index (Phi) is 2.64. The molecule has 0 radical (unpaired) electrons. The summed E-state index contributed by atoms with van der Waals surface area (Å²) in [6.07, 6.45) is 0. The summed E-state index contributed by atoms with van der Waals surface area (Å²) in [5.74, 6) is 0.0659. The van der Waals surface area contributed by atoms with Gasteiger partial charge in [0.15, 0.2) is 9.84 Å². The SMILES string of the molecule is O=S1(=O)CCOCc2c(Br)cccc21. The lowest BCUT2D eigenvalue weighted by Crippen LogP contribution is -2.09. The second-order valence-corrected chi connectivity index (χ2v) is 6.02. The normalized spacial score (nSPS) is 19.8. The smallest absolute Gasteiger partial charge is 0.181 e.